The zero-order valence-electron chi connectivity index (χ0n) is 17.0. The first kappa shape index (κ1) is 18.8. The fraction of sp³-hybridized carbons (Fsp3) is 0.476. The normalized spacial score (nSPS) is 26.5. The van der Waals surface area contributed by atoms with Gasteiger partial charge in [-0.1, -0.05) is 18.9 Å². The Morgan fingerprint density at radius 1 is 1.17 bits per heavy atom. The number of rotatable bonds is 0. The molecule has 9 heteroatoms. The quantitative estimate of drug-likeness (QED) is 0.651. The molecule has 0 saturated carbocycles. The van der Waals surface area contributed by atoms with Crippen LogP contribution in [0.1, 0.15) is 36.8 Å². The topological polar surface area (TPSA) is 104 Å². The van der Waals surface area contributed by atoms with Crippen LogP contribution < -0.4 is 15.8 Å². The molecule has 2 fully saturated rings. The Morgan fingerprint density at radius 3 is 2.77 bits per heavy atom. The van der Waals surface area contributed by atoms with Gasteiger partial charge in [0.25, 0.3) is 5.56 Å². The van der Waals surface area contributed by atoms with Crippen molar-refractivity contribution in [2.75, 3.05) is 18.5 Å². The van der Waals surface area contributed by atoms with Crippen LogP contribution in [0.4, 0.5) is 10.6 Å². The summed E-state index contributed by atoms with van der Waals surface area (Å²) in [6.45, 7) is 2.50. The van der Waals surface area contributed by atoms with Crippen molar-refractivity contribution in [1.29, 1.82) is 0 Å². The number of amides is 4. The van der Waals surface area contributed by atoms with Gasteiger partial charge in [-0.2, -0.15) is 0 Å². The minimum absolute atomic E-state index is 0.0610. The number of pyridine rings is 1. The molecule has 5 heterocycles. The molecule has 4 amide bonds. The van der Waals surface area contributed by atoms with E-state index in [9.17, 15) is 19.2 Å². The highest BCUT2D eigenvalue weighted by molar-refractivity contribution is 6.20. The molecule has 2 atom stereocenters. The number of anilines is 1. The number of aryl methyl sites for hydroxylation is 1. The highest BCUT2D eigenvalue weighted by Gasteiger charge is 2.62. The first-order valence-electron chi connectivity index (χ1n) is 10.3. The monoisotopic (exact) mass is 409 g/mol. The third kappa shape index (κ3) is 2.31. The zero-order valence-corrected chi connectivity index (χ0v) is 17.0. The third-order valence-corrected chi connectivity index (χ3v) is 6.79. The van der Waals surface area contributed by atoms with E-state index in [1.54, 1.807) is 12.3 Å². The molecule has 2 saturated heterocycles. The Labute approximate surface area is 172 Å². The van der Waals surface area contributed by atoms with E-state index in [2.05, 4.69) is 5.32 Å². The molecule has 9 nitrogen and oxygen atoms in total. The second kappa shape index (κ2) is 6.38. The summed E-state index contributed by atoms with van der Waals surface area (Å²) in [5, 5.41) is 2.34. The number of hydrogen-bond donors (Lipinski definition) is 1. The van der Waals surface area contributed by atoms with Crippen LogP contribution in [0, 0.1) is 12.3 Å². The van der Waals surface area contributed by atoms with E-state index in [1.807, 2.05) is 17.9 Å². The SMILES string of the molecule is Cc1cccn2c(=O)c3c(nc12)N1CCCCC[C@H]1[C@]1(C3)C(=O)NC(=O)N(C)C1=O. The molecular weight excluding hydrogens is 386 g/mol. The van der Waals surface area contributed by atoms with Crippen LogP contribution in [0.2, 0.25) is 0 Å². The number of fused-ring (bicyclic) bond motifs is 5. The average Bonchev–Trinajstić information content (AvgIpc) is 2.99. The van der Waals surface area contributed by atoms with Gasteiger partial charge in [0.15, 0.2) is 5.41 Å². The van der Waals surface area contributed by atoms with Gasteiger partial charge in [-0.15, -0.1) is 0 Å². The summed E-state index contributed by atoms with van der Waals surface area (Å²) in [7, 11) is 1.37. The first-order valence-corrected chi connectivity index (χ1v) is 10.3. The molecule has 156 valence electrons. The summed E-state index contributed by atoms with van der Waals surface area (Å²) < 4.78 is 1.47. The summed E-state index contributed by atoms with van der Waals surface area (Å²) in [5.74, 6) is -0.605. The van der Waals surface area contributed by atoms with E-state index in [0.717, 1.165) is 29.7 Å². The van der Waals surface area contributed by atoms with E-state index in [4.69, 9.17) is 4.98 Å². The number of imide groups is 2. The van der Waals surface area contributed by atoms with Gasteiger partial charge in [-0.25, -0.2) is 9.78 Å². The molecular formula is C21H23N5O4. The van der Waals surface area contributed by atoms with Crippen molar-refractivity contribution in [2.24, 2.45) is 5.41 Å². The maximum absolute atomic E-state index is 13.4. The molecule has 3 aliphatic rings. The molecule has 30 heavy (non-hydrogen) atoms. The third-order valence-electron chi connectivity index (χ3n) is 6.79. The average molecular weight is 409 g/mol. The molecule has 1 N–H and O–H groups in total. The standard InChI is InChI=1S/C21H23N5O4/c1-12-7-6-10-26-15(12)22-16-13(17(26)27)11-21(14-8-4-3-5-9-25(14)16)18(28)23-20(30)24(2)19(21)29/h6-7,10,14H,3-5,8-9,11H2,1-2H3,(H,23,28,30)/t14-,21+/m0/s1. The van der Waals surface area contributed by atoms with Gasteiger partial charge in [0.1, 0.15) is 11.5 Å². The van der Waals surface area contributed by atoms with Crippen LogP contribution in [0.3, 0.4) is 0 Å². The summed E-state index contributed by atoms with van der Waals surface area (Å²) in [6, 6.07) is 2.49. The molecule has 2 aromatic heterocycles. The lowest BCUT2D eigenvalue weighted by Crippen LogP contribution is -2.71. The molecule has 2 aromatic rings. The van der Waals surface area contributed by atoms with Crippen LogP contribution in [-0.4, -0.2) is 51.8 Å². The summed E-state index contributed by atoms with van der Waals surface area (Å²) in [4.78, 5) is 59.9. The van der Waals surface area contributed by atoms with Crippen molar-refractivity contribution in [3.8, 4) is 0 Å². The van der Waals surface area contributed by atoms with E-state index in [-0.39, 0.29) is 12.0 Å². The zero-order chi connectivity index (χ0) is 21.2. The van der Waals surface area contributed by atoms with Gasteiger partial charge in [0.2, 0.25) is 11.8 Å². The second-order valence-corrected chi connectivity index (χ2v) is 8.43. The van der Waals surface area contributed by atoms with E-state index in [0.29, 0.717) is 30.0 Å². The molecule has 0 unspecified atom stereocenters. The Hall–Kier alpha value is -3.23. The van der Waals surface area contributed by atoms with Gasteiger partial charge in [0.05, 0.1) is 11.6 Å². The fourth-order valence-corrected chi connectivity index (χ4v) is 5.22. The maximum atomic E-state index is 13.4. The number of nitrogens with one attached hydrogen (secondary N) is 1. The number of carbonyl (C=O) groups is 3. The lowest BCUT2D eigenvalue weighted by molar-refractivity contribution is -0.152. The number of nitrogens with zero attached hydrogens (tertiary/aromatic N) is 4. The summed E-state index contributed by atoms with van der Waals surface area (Å²) in [5.41, 5.74) is 0.00929. The van der Waals surface area contributed by atoms with Crippen LogP contribution in [0.15, 0.2) is 23.1 Å². The van der Waals surface area contributed by atoms with Gasteiger partial charge >= 0.3 is 6.03 Å². The number of carbonyl (C=O) groups excluding carboxylic acids is 3. The number of aromatic nitrogens is 2. The van der Waals surface area contributed by atoms with E-state index in [1.165, 1.54) is 11.4 Å². The second-order valence-electron chi connectivity index (χ2n) is 8.43. The first-order chi connectivity index (χ1) is 14.4. The van der Waals surface area contributed by atoms with Crippen LogP contribution in [-0.2, 0) is 16.0 Å². The van der Waals surface area contributed by atoms with Crippen molar-refractivity contribution in [3.05, 3.63) is 39.8 Å². The maximum Gasteiger partial charge on any atom is 0.330 e. The minimum atomic E-state index is -1.51. The smallest absolute Gasteiger partial charge is 0.330 e. The lowest BCUT2D eigenvalue weighted by Gasteiger charge is -2.50. The Kier molecular flexibility index (Phi) is 4.00. The number of barbiturate groups is 1. The van der Waals surface area contributed by atoms with Crippen LogP contribution in [0.25, 0.3) is 5.65 Å². The van der Waals surface area contributed by atoms with Crippen molar-refractivity contribution in [1.82, 2.24) is 19.6 Å². The Morgan fingerprint density at radius 2 is 1.97 bits per heavy atom. The van der Waals surface area contributed by atoms with Crippen molar-refractivity contribution in [3.63, 3.8) is 0 Å². The van der Waals surface area contributed by atoms with Gasteiger partial charge in [-0.3, -0.25) is 29.0 Å². The lowest BCUT2D eigenvalue weighted by atomic mass is 9.68. The molecule has 0 aliphatic carbocycles. The number of hydrogen-bond acceptors (Lipinski definition) is 6. The van der Waals surface area contributed by atoms with Gasteiger partial charge < -0.3 is 4.90 Å². The highest BCUT2D eigenvalue weighted by atomic mass is 16.2. The van der Waals surface area contributed by atoms with Gasteiger partial charge in [-0.05, 0) is 31.4 Å². The van der Waals surface area contributed by atoms with E-state index < -0.39 is 29.3 Å². The molecule has 0 aromatic carbocycles. The molecule has 5 rings (SSSR count). The number of urea groups is 1. The van der Waals surface area contributed by atoms with Crippen molar-refractivity contribution >= 4 is 29.3 Å². The Bertz CT molecular complexity index is 1170. The van der Waals surface area contributed by atoms with Crippen LogP contribution >= 0.6 is 0 Å². The van der Waals surface area contributed by atoms with E-state index >= 15 is 0 Å². The molecule has 3 aliphatic heterocycles. The minimum Gasteiger partial charge on any atom is -0.352 e. The molecule has 0 radical (unpaired) electrons. The van der Waals surface area contributed by atoms with Crippen LogP contribution in [0.5, 0.6) is 0 Å². The van der Waals surface area contributed by atoms with Gasteiger partial charge in [0, 0.05) is 26.2 Å². The summed E-state index contributed by atoms with van der Waals surface area (Å²) in [6.07, 6.45) is 4.92. The summed E-state index contributed by atoms with van der Waals surface area (Å²) >= 11 is 0. The predicted molar refractivity (Wildman–Crippen MR) is 108 cm³/mol. The largest absolute Gasteiger partial charge is 0.352 e. The van der Waals surface area contributed by atoms with Crippen molar-refractivity contribution in [2.45, 2.75) is 45.1 Å². The highest BCUT2D eigenvalue weighted by Crippen LogP contribution is 2.45. The predicted octanol–water partition coefficient (Wildman–Crippen LogP) is 1.00. The molecule has 1 spiro atoms. The Balaban J connectivity index is 1.81. The fourth-order valence-electron chi connectivity index (χ4n) is 5.22. The molecule has 0 bridgehead atoms. The van der Waals surface area contributed by atoms with Crippen molar-refractivity contribution < 1.29 is 14.4 Å².